The molecule has 1 N–H and O–H groups in total. The minimum absolute atomic E-state index is 0.439. The van der Waals surface area contributed by atoms with E-state index in [-0.39, 0.29) is 0 Å². The van der Waals surface area contributed by atoms with Gasteiger partial charge in [-0.1, -0.05) is 6.92 Å². The SMILES string of the molecule is CCc1csc(NC2CCOC2C2CC2)n1. The molecule has 2 heterocycles. The average Bonchev–Trinajstić information content (AvgIpc) is 2.88. The van der Waals surface area contributed by atoms with Gasteiger partial charge >= 0.3 is 0 Å². The zero-order chi connectivity index (χ0) is 11.0. The molecule has 1 aliphatic carbocycles. The number of rotatable bonds is 4. The first kappa shape index (κ1) is 10.5. The lowest BCUT2D eigenvalue weighted by Crippen LogP contribution is -2.30. The summed E-state index contributed by atoms with van der Waals surface area (Å²) in [5, 5.41) is 6.76. The molecule has 2 aliphatic rings. The summed E-state index contributed by atoms with van der Waals surface area (Å²) in [6.07, 6.45) is 5.28. The van der Waals surface area contributed by atoms with E-state index in [9.17, 15) is 0 Å². The number of anilines is 1. The molecule has 0 bridgehead atoms. The minimum atomic E-state index is 0.439. The first-order chi connectivity index (χ1) is 7.86. The highest BCUT2D eigenvalue weighted by atomic mass is 32.1. The Morgan fingerprint density at radius 1 is 1.50 bits per heavy atom. The largest absolute Gasteiger partial charge is 0.376 e. The van der Waals surface area contributed by atoms with Crippen molar-refractivity contribution in [1.82, 2.24) is 4.98 Å². The molecule has 1 saturated carbocycles. The van der Waals surface area contributed by atoms with Crippen molar-refractivity contribution in [1.29, 1.82) is 0 Å². The van der Waals surface area contributed by atoms with Crippen LogP contribution in [0, 0.1) is 5.92 Å². The molecule has 16 heavy (non-hydrogen) atoms. The standard InChI is InChI=1S/C12H18N2OS/c1-2-9-7-16-12(13-9)14-10-5-6-15-11(10)8-3-4-8/h7-8,10-11H,2-6H2,1H3,(H,13,14). The lowest BCUT2D eigenvalue weighted by Gasteiger charge is -2.18. The molecule has 88 valence electrons. The molecule has 2 atom stereocenters. The van der Waals surface area contributed by atoms with Gasteiger partial charge in [0.2, 0.25) is 0 Å². The summed E-state index contributed by atoms with van der Waals surface area (Å²) < 4.78 is 5.81. The summed E-state index contributed by atoms with van der Waals surface area (Å²) in [4.78, 5) is 4.56. The van der Waals surface area contributed by atoms with E-state index in [1.807, 2.05) is 0 Å². The van der Waals surface area contributed by atoms with E-state index in [4.69, 9.17) is 4.74 Å². The van der Waals surface area contributed by atoms with Crippen LogP contribution in [0.5, 0.6) is 0 Å². The predicted octanol–water partition coefficient (Wildman–Crippen LogP) is 2.68. The van der Waals surface area contributed by atoms with Crippen molar-refractivity contribution in [3.8, 4) is 0 Å². The molecule has 1 saturated heterocycles. The van der Waals surface area contributed by atoms with Crippen molar-refractivity contribution < 1.29 is 4.74 Å². The van der Waals surface area contributed by atoms with Gasteiger partial charge in [-0.15, -0.1) is 11.3 Å². The molecule has 0 aromatic carbocycles. The van der Waals surface area contributed by atoms with Crippen molar-refractivity contribution >= 4 is 16.5 Å². The van der Waals surface area contributed by atoms with Crippen LogP contribution in [0.15, 0.2) is 5.38 Å². The maximum atomic E-state index is 5.81. The Kier molecular flexibility index (Phi) is 2.86. The van der Waals surface area contributed by atoms with Gasteiger partial charge in [-0.25, -0.2) is 4.98 Å². The number of thiazole rings is 1. The van der Waals surface area contributed by atoms with E-state index in [2.05, 4.69) is 22.6 Å². The summed E-state index contributed by atoms with van der Waals surface area (Å²) in [5.41, 5.74) is 1.19. The third kappa shape index (κ3) is 2.09. The highest BCUT2D eigenvalue weighted by Crippen LogP contribution is 2.39. The topological polar surface area (TPSA) is 34.1 Å². The Balaban J connectivity index is 1.64. The van der Waals surface area contributed by atoms with Crippen LogP contribution in [0.1, 0.15) is 31.9 Å². The molecule has 0 amide bonds. The number of ether oxygens (including phenoxy) is 1. The maximum absolute atomic E-state index is 5.81. The summed E-state index contributed by atoms with van der Waals surface area (Å²) in [5.74, 6) is 0.811. The average molecular weight is 238 g/mol. The number of nitrogens with one attached hydrogen (secondary N) is 1. The van der Waals surface area contributed by atoms with Crippen LogP contribution in [-0.4, -0.2) is 23.7 Å². The first-order valence-corrected chi connectivity index (χ1v) is 7.07. The number of aryl methyl sites for hydroxylation is 1. The van der Waals surface area contributed by atoms with Gasteiger partial charge in [-0.3, -0.25) is 0 Å². The molecule has 1 aliphatic heterocycles. The lowest BCUT2D eigenvalue weighted by molar-refractivity contribution is 0.0898. The number of hydrogen-bond donors (Lipinski definition) is 1. The Hall–Kier alpha value is -0.610. The monoisotopic (exact) mass is 238 g/mol. The maximum Gasteiger partial charge on any atom is 0.183 e. The van der Waals surface area contributed by atoms with E-state index in [0.29, 0.717) is 12.1 Å². The van der Waals surface area contributed by atoms with Crippen LogP contribution in [0.4, 0.5) is 5.13 Å². The van der Waals surface area contributed by atoms with Gasteiger partial charge in [0.05, 0.1) is 17.8 Å². The second kappa shape index (κ2) is 4.34. The van der Waals surface area contributed by atoms with E-state index >= 15 is 0 Å². The fourth-order valence-corrected chi connectivity index (χ4v) is 3.21. The van der Waals surface area contributed by atoms with E-state index < -0.39 is 0 Å². The third-order valence-electron chi connectivity index (χ3n) is 3.45. The van der Waals surface area contributed by atoms with Crippen LogP contribution in [0.2, 0.25) is 0 Å². The molecule has 1 aromatic rings. The summed E-state index contributed by atoms with van der Waals surface area (Å²) in [6.45, 7) is 3.05. The minimum Gasteiger partial charge on any atom is -0.376 e. The molecule has 3 nitrogen and oxygen atoms in total. The third-order valence-corrected chi connectivity index (χ3v) is 4.27. The van der Waals surface area contributed by atoms with Crippen molar-refractivity contribution in [2.75, 3.05) is 11.9 Å². The smallest absolute Gasteiger partial charge is 0.183 e. The molecule has 4 heteroatoms. The molecule has 0 radical (unpaired) electrons. The zero-order valence-corrected chi connectivity index (χ0v) is 10.4. The van der Waals surface area contributed by atoms with Crippen molar-refractivity contribution in [3.63, 3.8) is 0 Å². The van der Waals surface area contributed by atoms with Crippen molar-refractivity contribution in [2.45, 2.75) is 44.8 Å². The van der Waals surface area contributed by atoms with Gasteiger partial charge in [0, 0.05) is 12.0 Å². The van der Waals surface area contributed by atoms with Crippen LogP contribution in [0.25, 0.3) is 0 Å². The second-order valence-electron chi connectivity index (χ2n) is 4.71. The quantitative estimate of drug-likeness (QED) is 0.875. The first-order valence-electron chi connectivity index (χ1n) is 6.19. The highest BCUT2D eigenvalue weighted by Gasteiger charge is 2.40. The number of nitrogens with zero attached hydrogens (tertiary/aromatic N) is 1. The second-order valence-corrected chi connectivity index (χ2v) is 5.57. The van der Waals surface area contributed by atoms with Crippen LogP contribution in [-0.2, 0) is 11.2 Å². The molecule has 2 unspecified atom stereocenters. The number of aromatic nitrogens is 1. The van der Waals surface area contributed by atoms with Gasteiger partial charge in [-0.05, 0) is 31.6 Å². The molecular formula is C12H18N2OS. The van der Waals surface area contributed by atoms with Gasteiger partial charge in [0.15, 0.2) is 5.13 Å². The Labute approximate surface area is 100 Å². The molecule has 1 aromatic heterocycles. The van der Waals surface area contributed by atoms with E-state index in [0.717, 1.165) is 30.5 Å². The van der Waals surface area contributed by atoms with Crippen molar-refractivity contribution in [3.05, 3.63) is 11.1 Å². The van der Waals surface area contributed by atoms with Crippen molar-refractivity contribution in [2.24, 2.45) is 5.92 Å². The fraction of sp³-hybridized carbons (Fsp3) is 0.750. The zero-order valence-electron chi connectivity index (χ0n) is 9.61. The Morgan fingerprint density at radius 3 is 3.06 bits per heavy atom. The predicted molar refractivity (Wildman–Crippen MR) is 66.0 cm³/mol. The molecule has 3 rings (SSSR count). The number of hydrogen-bond acceptors (Lipinski definition) is 4. The van der Waals surface area contributed by atoms with Gasteiger partial charge < -0.3 is 10.1 Å². The van der Waals surface area contributed by atoms with Gasteiger partial charge in [0.25, 0.3) is 0 Å². The van der Waals surface area contributed by atoms with Crippen LogP contribution < -0.4 is 5.32 Å². The fourth-order valence-electron chi connectivity index (χ4n) is 2.35. The Morgan fingerprint density at radius 2 is 2.38 bits per heavy atom. The van der Waals surface area contributed by atoms with E-state index in [1.54, 1.807) is 11.3 Å². The summed E-state index contributed by atoms with van der Waals surface area (Å²) in [6, 6.07) is 0.489. The van der Waals surface area contributed by atoms with Gasteiger partial charge in [0.1, 0.15) is 0 Å². The molecule has 2 fully saturated rings. The highest BCUT2D eigenvalue weighted by molar-refractivity contribution is 7.13. The lowest BCUT2D eigenvalue weighted by atomic mass is 10.1. The van der Waals surface area contributed by atoms with E-state index in [1.165, 1.54) is 18.5 Å². The summed E-state index contributed by atoms with van der Waals surface area (Å²) in [7, 11) is 0. The molecular weight excluding hydrogens is 220 g/mol. The van der Waals surface area contributed by atoms with Gasteiger partial charge in [-0.2, -0.15) is 0 Å². The Bertz CT molecular complexity index is 362. The summed E-state index contributed by atoms with van der Waals surface area (Å²) >= 11 is 1.72. The normalized spacial score (nSPS) is 29.6. The van der Waals surface area contributed by atoms with Crippen LogP contribution >= 0.6 is 11.3 Å². The van der Waals surface area contributed by atoms with Crippen LogP contribution in [0.3, 0.4) is 0 Å². The molecule has 0 spiro atoms.